The average molecular weight is 259 g/mol. The van der Waals surface area contributed by atoms with Crippen molar-refractivity contribution in [3.8, 4) is 0 Å². The minimum absolute atomic E-state index is 0.113. The topological polar surface area (TPSA) is 35.5 Å². The van der Waals surface area contributed by atoms with E-state index in [0.717, 1.165) is 0 Å². The molecular weight excluding hydrogens is 239 g/mol. The molecule has 1 atom stereocenters. The van der Waals surface area contributed by atoms with E-state index in [4.69, 9.17) is 20.3 Å². The van der Waals surface area contributed by atoms with Gasteiger partial charge in [-0.25, -0.2) is 0 Å². The molecule has 0 radical (unpaired) electrons. The SMILES string of the molecule is CC(C)P(=O)(OCCCl)O[Si](C)(C)C. The van der Waals surface area contributed by atoms with Gasteiger partial charge in [-0.1, -0.05) is 13.8 Å². The lowest BCUT2D eigenvalue weighted by molar-refractivity contribution is 0.273. The van der Waals surface area contributed by atoms with E-state index in [-0.39, 0.29) is 12.3 Å². The Labute approximate surface area is 92.8 Å². The lowest BCUT2D eigenvalue weighted by Gasteiger charge is -2.28. The van der Waals surface area contributed by atoms with Gasteiger partial charge in [0.15, 0.2) is 8.32 Å². The predicted octanol–water partition coefficient (Wildman–Crippen LogP) is 3.69. The number of alkyl halides is 1. The molecule has 0 aliphatic rings. The summed E-state index contributed by atoms with van der Waals surface area (Å²) in [6.07, 6.45) is 0. The summed E-state index contributed by atoms with van der Waals surface area (Å²) in [7, 11) is -4.79. The maximum atomic E-state index is 12.2. The first-order valence-corrected chi connectivity index (χ1v) is 10.3. The van der Waals surface area contributed by atoms with Crippen molar-refractivity contribution in [3.05, 3.63) is 0 Å². The second kappa shape index (κ2) is 5.66. The van der Waals surface area contributed by atoms with Crippen LogP contribution in [0, 0.1) is 0 Å². The Morgan fingerprint density at radius 2 is 1.86 bits per heavy atom. The van der Waals surface area contributed by atoms with Crippen molar-refractivity contribution in [2.75, 3.05) is 12.5 Å². The molecule has 0 rings (SSSR count). The first-order chi connectivity index (χ1) is 6.21. The van der Waals surface area contributed by atoms with Crippen LogP contribution >= 0.6 is 19.2 Å². The summed E-state index contributed by atoms with van der Waals surface area (Å²) in [5.41, 5.74) is -0.113. The third-order valence-electron chi connectivity index (χ3n) is 1.38. The van der Waals surface area contributed by atoms with Gasteiger partial charge in [0, 0.05) is 5.88 Å². The highest BCUT2D eigenvalue weighted by Crippen LogP contribution is 2.54. The largest absolute Gasteiger partial charge is 0.351 e. The van der Waals surface area contributed by atoms with E-state index < -0.39 is 15.9 Å². The average Bonchev–Trinajstić information content (AvgIpc) is 1.97. The zero-order valence-electron chi connectivity index (χ0n) is 9.54. The van der Waals surface area contributed by atoms with Gasteiger partial charge in [-0.15, -0.1) is 11.6 Å². The Kier molecular flexibility index (Phi) is 5.93. The zero-order valence-corrected chi connectivity index (χ0v) is 12.2. The van der Waals surface area contributed by atoms with Crippen LogP contribution in [0.25, 0.3) is 0 Å². The van der Waals surface area contributed by atoms with Crippen LogP contribution < -0.4 is 0 Å². The summed E-state index contributed by atoms with van der Waals surface area (Å²) in [5, 5.41) is 0. The van der Waals surface area contributed by atoms with Crippen LogP contribution in [-0.2, 0) is 13.3 Å². The van der Waals surface area contributed by atoms with Crippen LogP contribution in [0.15, 0.2) is 0 Å². The highest BCUT2D eigenvalue weighted by molar-refractivity contribution is 7.56. The Balaban J connectivity index is 4.49. The maximum Gasteiger partial charge on any atom is 0.323 e. The summed E-state index contributed by atoms with van der Waals surface area (Å²) in [6.45, 7) is 9.94. The molecule has 0 aliphatic heterocycles. The molecule has 0 aromatic rings. The lowest BCUT2D eigenvalue weighted by atomic mass is 10.6. The van der Waals surface area contributed by atoms with Gasteiger partial charge >= 0.3 is 7.60 Å². The minimum atomic E-state index is -2.95. The van der Waals surface area contributed by atoms with E-state index in [2.05, 4.69) is 0 Å². The van der Waals surface area contributed by atoms with Gasteiger partial charge in [-0.2, -0.15) is 0 Å². The van der Waals surface area contributed by atoms with Gasteiger partial charge in [-0.3, -0.25) is 4.57 Å². The fourth-order valence-electron chi connectivity index (χ4n) is 0.824. The van der Waals surface area contributed by atoms with Crippen LogP contribution in [0.3, 0.4) is 0 Å². The molecule has 0 amide bonds. The van der Waals surface area contributed by atoms with Gasteiger partial charge in [0.1, 0.15) is 0 Å². The van der Waals surface area contributed by atoms with Gasteiger partial charge in [0.2, 0.25) is 0 Å². The van der Waals surface area contributed by atoms with Crippen molar-refractivity contribution >= 4 is 27.5 Å². The maximum absolute atomic E-state index is 12.2. The molecule has 0 aliphatic carbocycles. The molecule has 1 unspecified atom stereocenters. The summed E-state index contributed by atoms with van der Waals surface area (Å²) in [5.74, 6) is 0.339. The predicted molar refractivity (Wildman–Crippen MR) is 63.8 cm³/mol. The molecule has 6 heteroatoms. The fourth-order valence-corrected chi connectivity index (χ4v) is 5.76. The van der Waals surface area contributed by atoms with Crippen molar-refractivity contribution in [3.63, 3.8) is 0 Å². The third-order valence-corrected chi connectivity index (χ3v) is 6.55. The van der Waals surface area contributed by atoms with E-state index in [1.807, 2.05) is 33.5 Å². The molecule has 0 aromatic carbocycles. The van der Waals surface area contributed by atoms with Crippen LogP contribution in [0.4, 0.5) is 0 Å². The summed E-state index contributed by atoms with van der Waals surface area (Å²) < 4.78 is 23.1. The highest BCUT2D eigenvalue weighted by atomic mass is 35.5. The minimum Gasteiger partial charge on any atom is -0.351 e. The molecule has 0 aromatic heterocycles. The number of hydrogen-bond donors (Lipinski definition) is 0. The van der Waals surface area contributed by atoms with E-state index in [1.165, 1.54) is 0 Å². The quantitative estimate of drug-likeness (QED) is 0.414. The molecule has 0 saturated carbocycles. The first kappa shape index (κ1) is 14.7. The fraction of sp³-hybridized carbons (Fsp3) is 1.00. The Bertz CT molecular complexity index is 215. The van der Waals surface area contributed by atoms with Gasteiger partial charge in [0.05, 0.1) is 12.3 Å². The third kappa shape index (κ3) is 5.52. The molecule has 0 N–H and O–H groups in total. The molecule has 86 valence electrons. The van der Waals surface area contributed by atoms with Crippen LogP contribution in [0.1, 0.15) is 13.8 Å². The van der Waals surface area contributed by atoms with Crippen LogP contribution in [-0.4, -0.2) is 26.5 Å². The van der Waals surface area contributed by atoms with Crippen molar-refractivity contribution in [1.82, 2.24) is 0 Å². The van der Waals surface area contributed by atoms with Crippen molar-refractivity contribution < 1.29 is 13.3 Å². The molecular formula is C8H20ClO3PSi. The van der Waals surface area contributed by atoms with E-state index in [9.17, 15) is 4.57 Å². The smallest absolute Gasteiger partial charge is 0.323 e. The molecule has 0 saturated heterocycles. The Morgan fingerprint density at radius 3 is 2.14 bits per heavy atom. The van der Waals surface area contributed by atoms with Crippen LogP contribution in [0.2, 0.25) is 19.6 Å². The second-order valence-electron chi connectivity index (χ2n) is 4.36. The van der Waals surface area contributed by atoms with Crippen molar-refractivity contribution in [2.24, 2.45) is 0 Å². The monoisotopic (exact) mass is 258 g/mol. The number of halogens is 1. The van der Waals surface area contributed by atoms with Crippen molar-refractivity contribution in [1.29, 1.82) is 0 Å². The zero-order chi connectivity index (χ0) is 11.4. The van der Waals surface area contributed by atoms with E-state index in [1.54, 1.807) is 0 Å². The molecule has 3 nitrogen and oxygen atoms in total. The Hall–Kier alpha value is 0.657. The van der Waals surface area contributed by atoms with Gasteiger partial charge < -0.3 is 8.74 Å². The molecule has 14 heavy (non-hydrogen) atoms. The van der Waals surface area contributed by atoms with E-state index >= 15 is 0 Å². The second-order valence-corrected chi connectivity index (χ2v) is 12.1. The number of hydrogen-bond acceptors (Lipinski definition) is 3. The molecule has 0 fully saturated rings. The summed E-state index contributed by atoms with van der Waals surface area (Å²) in [6, 6.07) is 0. The van der Waals surface area contributed by atoms with Gasteiger partial charge in [0.25, 0.3) is 0 Å². The molecule has 0 spiro atoms. The molecule has 0 heterocycles. The lowest BCUT2D eigenvalue weighted by Crippen LogP contribution is -2.26. The summed E-state index contributed by atoms with van der Waals surface area (Å²) >= 11 is 5.49. The summed E-state index contributed by atoms with van der Waals surface area (Å²) in [4.78, 5) is 0. The van der Waals surface area contributed by atoms with Crippen LogP contribution in [0.5, 0.6) is 0 Å². The first-order valence-electron chi connectivity index (χ1n) is 4.72. The number of rotatable bonds is 6. The van der Waals surface area contributed by atoms with E-state index in [0.29, 0.717) is 5.88 Å². The highest BCUT2D eigenvalue weighted by Gasteiger charge is 2.34. The normalized spacial score (nSPS) is 17.1. The van der Waals surface area contributed by atoms with Gasteiger partial charge in [-0.05, 0) is 19.6 Å². The van der Waals surface area contributed by atoms with Crippen molar-refractivity contribution in [2.45, 2.75) is 39.1 Å². The molecule has 0 bridgehead atoms. The Morgan fingerprint density at radius 1 is 1.36 bits per heavy atom. The standard InChI is InChI=1S/C8H20ClO3PSi/c1-8(2)13(10,11-7-6-9)12-14(3,4)5/h8H,6-7H2,1-5H3.